The number of hydrogen-bond donors (Lipinski definition) is 0. The third kappa shape index (κ3) is 6.13. The van der Waals surface area contributed by atoms with Crippen molar-refractivity contribution in [3.8, 4) is 11.6 Å². The molecule has 2 aromatic carbocycles. The lowest BCUT2D eigenvalue weighted by Crippen LogP contribution is -2.54. The Balaban J connectivity index is 1.45. The van der Waals surface area contributed by atoms with Gasteiger partial charge in [0.1, 0.15) is 18.2 Å². The number of benzene rings is 2. The molecule has 3 aromatic rings. The van der Waals surface area contributed by atoms with Gasteiger partial charge in [-0.1, -0.05) is 42.5 Å². The fraction of sp³-hybridized carbons (Fsp3) is 0.414. The summed E-state index contributed by atoms with van der Waals surface area (Å²) >= 11 is 0. The Kier molecular flexibility index (Phi) is 7.74. The van der Waals surface area contributed by atoms with Crippen molar-refractivity contribution < 1.29 is 23.0 Å². The maximum atomic E-state index is 15.3. The summed E-state index contributed by atoms with van der Waals surface area (Å²) in [5, 5.41) is 0. The molecule has 2 aliphatic heterocycles. The van der Waals surface area contributed by atoms with Gasteiger partial charge in [-0.25, -0.2) is 8.78 Å². The lowest BCUT2D eigenvalue weighted by Gasteiger charge is -2.42. The summed E-state index contributed by atoms with van der Waals surface area (Å²) in [5.74, 6) is -1.11. The summed E-state index contributed by atoms with van der Waals surface area (Å²) in [5.41, 5.74) is 2.76. The number of rotatable bonds is 8. The van der Waals surface area contributed by atoms with Crippen molar-refractivity contribution in [2.75, 3.05) is 49.8 Å². The van der Waals surface area contributed by atoms with Crippen LogP contribution in [0.1, 0.15) is 24.0 Å². The SMILES string of the molecule is COc1ccc(COc2cc(N3CCOCC3)cc(N3CCCC(F)(F)C3Cc3ccccc3)n2)cc1. The van der Waals surface area contributed by atoms with Gasteiger partial charge in [0.2, 0.25) is 5.88 Å². The van der Waals surface area contributed by atoms with E-state index in [9.17, 15) is 0 Å². The monoisotopic (exact) mass is 509 g/mol. The molecule has 0 bridgehead atoms. The van der Waals surface area contributed by atoms with Crippen LogP contribution in [0.15, 0.2) is 66.7 Å². The number of nitrogens with zero attached hydrogens (tertiary/aromatic N) is 3. The fourth-order valence-corrected chi connectivity index (χ4v) is 4.99. The average Bonchev–Trinajstić information content (AvgIpc) is 2.94. The van der Waals surface area contributed by atoms with E-state index in [4.69, 9.17) is 19.2 Å². The van der Waals surface area contributed by atoms with Crippen LogP contribution < -0.4 is 19.3 Å². The van der Waals surface area contributed by atoms with Crippen LogP contribution in [0.3, 0.4) is 0 Å². The largest absolute Gasteiger partial charge is 0.497 e. The van der Waals surface area contributed by atoms with Gasteiger partial charge in [0.15, 0.2) is 0 Å². The minimum Gasteiger partial charge on any atom is -0.497 e. The Morgan fingerprint density at radius 2 is 1.73 bits per heavy atom. The summed E-state index contributed by atoms with van der Waals surface area (Å²) in [4.78, 5) is 8.72. The number of aromatic nitrogens is 1. The Labute approximate surface area is 216 Å². The molecule has 3 heterocycles. The maximum absolute atomic E-state index is 15.3. The van der Waals surface area contributed by atoms with Crippen LogP contribution in [0.25, 0.3) is 0 Å². The van der Waals surface area contributed by atoms with Gasteiger partial charge in [-0.05, 0) is 36.1 Å². The molecule has 1 unspecified atom stereocenters. The van der Waals surface area contributed by atoms with Crippen LogP contribution in [-0.2, 0) is 17.8 Å². The summed E-state index contributed by atoms with van der Waals surface area (Å²) < 4.78 is 47.5. The van der Waals surface area contributed by atoms with E-state index in [2.05, 4.69) is 4.90 Å². The first kappa shape index (κ1) is 25.3. The molecule has 196 valence electrons. The second-order valence-electron chi connectivity index (χ2n) is 9.52. The van der Waals surface area contributed by atoms with Crippen LogP contribution in [0, 0.1) is 0 Å². The van der Waals surface area contributed by atoms with Crippen molar-refractivity contribution in [1.82, 2.24) is 4.98 Å². The summed E-state index contributed by atoms with van der Waals surface area (Å²) in [6.07, 6.45) is 0.536. The predicted octanol–water partition coefficient (Wildman–Crippen LogP) is 5.35. The van der Waals surface area contributed by atoms with E-state index in [0.717, 1.165) is 35.7 Å². The number of anilines is 2. The number of ether oxygens (including phenoxy) is 3. The normalized spacial score (nSPS) is 19.5. The topological polar surface area (TPSA) is 47.1 Å². The third-order valence-corrected chi connectivity index (χ3v) is 7.03. The van der Waals surface area contributed by atoms with Crippen molar-refractivity contribution in [1.29, 1.82) is 0 Å². The zero-order valence-electron chi connectivity index (χ0n) is 21.1. The second kappa shape index (κ2) is 11.3. The molecule has 1 atom stereocenters. The van der Waals surface area contributed by atoms with Crippen molar-refractivity contribution in [2.24, 2.45) is 0 Å². The van der Waals surface area contributed by atoms with E-state index in [-0.39, 0.29) is 12.8 Å². The van der Waals surface area contributed by atoms with Crippen molar-refractivity contribution in [2.45, 2.75) is 37.8 Å². The van der Waals surface area contributed by atoms with E-state index >= 15 is 8.78 Å². The number of alkyl halides is 2. The first-order chi connectivity index (χ1) is 18.0. The van der Waals surface area contributed by atoms with Gasteiger partial charge in [0, 0.05) is 43.9 Å². The zero-order chi connectivity index (χ0) is 25.7. The highest BCUT2D eigenvalue weighted by molar-refractivity contribution is 5.59. The number of piperidine rings is 1. The van der Waals surface area contributed by atoms with Crippen molar-refractivity contribution >= 4 is 11.5 Å². The van der Waals surface area contributed by atoms with Gasteiger partial charge in [0.05, 0.1) is 26.4 Å². The molecule has 1 aromatic heterocycles. The van der Waals surface area contributed by atoms with E-state index in [1.807, 2.05) is 66.7 Å². The smallest absolute Gasteiger partial charge is 0.268 e. The van der Waals surface area contributed by atoms with Crippen molar-refractivity contribution in [3.63, 3.8) is 0 Å². The lowest BCUT2D eigenvalue weighted by molar-refractivity contribution is -0.0485. The van der Waals surface area contributed by atoms with Gasteiger partial charge in [-0.15, -0.1) is 0 Å². The molecule has 2 aliphatic rings. The third-order valence-electron chi connectivity index (χ3n) is 7.03. The maximum Gasteiger partial charge on any atom is 0.268 e. The molecule has 0 amide bonds. The molecule has 2 fully saturated rings. The van der Waals surface area contributed by atoms with Gasteiger partial charge < -0.3 is 24.0 Å². The number of pyridine rings is 1. The second-order valence-corrected chi connectivity index (χ2v) is 9.52. The standard InChI is InChI=1S/C29H33F2N3O3/c1-35-25-10-8-23(9-11-25)21-37-28-20-24(33-14-16-36-17-15-33)19-27(32-28)34-13-5-12-29(30,31)26(34)18-22-6-3-2-4-7-22/h2-4,6-11,19-20,26H,5,12-18,21H2,1H3. The molecule has 6 nitrogen and oxygen atoms in total. The molecule has 37 heavy (non-hydrogen) atoms. The molecule has 0 radical (unpaired) electrons. The molecular formula is C29H33F2N3O3. The molecule has 0 N–H and O–H groups in total. The van der Waals surface area contributed by atoms with E-state index in [0.29, 0.717) is 44.5 Å². The van der Waals surface area contributed by atoms with E-state index < -0.39 is 12.0 Å². The minimum absolute atomic E-state index is 0.120. The molecule has 0 saturated carbocycles. The van der Waals surface area contributed by atoms with Gasteiger partial charge in [0.25, 0.3) is 5.92 Å². The first-order valence-electron chi connectivity index (χ1n) is 12.8. The fourth-order valence-electron chi connectivity index (χ4n) is 4.99. The Bertz CT molecular complexity index is 1150. The summed E-state index contributed by atoms with van der Waals surface area (Å²) in [6, 6.07) is 20.0. The first-order valence-corrected chi connectivity index (χ1v) is 12.8. The Hall–Kier alpha value is -3.39. The number of halogens is 2. The molecule has 8 heteroatoms. The highest BCUT2D eigenvalue weighted by Gasteiger charge is 2.46. The molecule has 2 saturated heterocycles. The predicted molar refractivity (Wildman–Crippen MR) is 140 cm³/mol. The summed E-state index contributed by atoms with van der Waals surface area (Å²) in [6.45, 7) is 3.53. The Morgan fingerprint density at radius 3 is 2.46 bits per heavy atom. The van der Waals surface area contributed by atoms with Gasteiger partial charge in [-0.3, -0.25) is 0 Å². The van der Waals surface area contributed by atoms with E-state index in [1.54, 1.807) is 12.0 Å². The minimum atomic E-state index is -2.82. The van der Waals surface area contributed by atoms with Crippen molar-refractivity contribution in [3.05, 3.63) is 77.9 Å². The number of hydrogen-bond acceptors (Lipinski definition) is 6. The van der Waals surface area contributed by atoms with Crippen LogP contribution in [-0.4, -0.2) is 56.9 Å². The number of morpholine rings is 1. The molecule has 0 aliphatic carbocycles. The molecular weight excluding hydrogens is 476 g/mol. The zero-order valence-corrected chi connectivity index (χ0v) is 21.1. The number of methoxy groups -OCH3 is 1. The summed E-state index contributed by atoms with van der Waals surface area (Å²) in [7, 11) is 1.63. The average molecular weight is 510 g/mol. The van der Waals surface area contributed by atoms with Gasteiger partial charge in [-0.2, -0.15) is 4.98 Å². The van der Waals surface area contributed by atoms with Crippen LogP contribution in [0.2, 0.25) is 0 Å². The highest BCUT2D eigenvalue weighted by Crippen LogP contribution is 2.39. The molecule has 5 rings (SSSR count). The van der Waals surface area contributed by atoms with E-state index in [1.165, 1.54) is 0 Å². The van der Waals surface area contributed by atoms with Gasteiger partial charge >= 0.3 is 0 Å². The van der Waals surface area contributed by atoms with Crippen LogP contribution >= 0.6 is 0 Å². The quantitative estimate of drug-likeness (QED) is 0.408. The lowest BCUT2D eigenvalue weighted by atomic mass is 9.92. The highest BCUT2D eigenvalue weighted by atomic mass is 19.3. The molecule has 0 spiro atoms. The Morgan fingerprint density at radius 1 is 0.973 bits per heavy atom. The van der Waals surface area contributed by atoms with Crippen LogP contribution in [0.4, 0.5) is 20.3 Å². The van der Waals surface area contributed by atoms with Crippen LogP contribution in [0.5, 0.6) is 11.6 Å².